The molecule has 0 unspecified atom stereocenters. The molecule has 8 heteroatoms. The number of hydrogen-bond donors (Lipinski definition) is 0. The largest absolute Gasteiger partial charge is 0.317 e. The molecule has 0 N–H and O–H groups in total. The van der Waals surface area contributed by atoms with Crippen molar-refractivity contribution in [3.8, 4) is 0 Å². The average molecular weight is 439 g/mol. The summed E-state index contributed by atoms with van der Waals surface area (Å²) in [5, 5.41) is 0.998. The predicted octanol–water partition coefficient (Wildman–Crippen LogP) is 4.37. The Labute approximate surface area is 173 Å². The summed E-state index contributed by atoms with van der Waals surface area (Å²) >= 11 is 7.72. The minimum absolute atomic E-state index is 0.0786. The fourth-order valence-electron chi connectivity index (χ4n) is 3.48. The van der Waals surface area contributed by atoms with Gasteiger partial charge in [-0.05, 0) is 49.2 Å². The van der Waals surface area contributed by atoms with Gasteiger partial charge >= 0.3 is 0 Å². The number of anilines is 1. The van der Waals surface area contributed by atoms with Gasteiger partial charge in [0.15, 0.2) is 15.0 Å². The lowest BCUT2D eigenvalue weighted by atomic mass is 10.1. The van der Waals surface area contributed by atoms with Crippen LogP contribution < -0.4 is 4.90 Å². The maximum Gasteiger partial charge on any atom is 0.164 e. The van der Waals surface area contributed by atoms with Crippen LogP contribution in [0.25, 0.3) is 0 Å². The number of aryl methyl sites for hydroxylation is 2. The third-order valence-corrected chi connectivity index (χ3v) is 8.82. The Morgan fingerprint density at radius 1 is 1.21 bits per heavy atom. The molecular formula is C20H20ClFN2O2S2. The predicted molar refractivity (Wildman–Crippen MR) is 115 cm³/mol. The van der Waals surface area contributed by atoms with Gasteiger partial charge in [-0.15, -0.1) is 0 Å². The average Bonchev–Trinajstić information content (AvgIpc) is 3.10. The van der Waals surface area contributed by atoms with E-state index < -0.39 is 9.84 Å². The smallest absolute Gasteiger partial charge is 0.164 e. The van der Waals surface area contributed by atoms with Crippen LogP contribution in [-0.2, 0) is 16.4 Å². The van der Waals surface area contributed by atoms with E-state index in [1.165, 1.54) is 17.8 Å². The zero-order chi connectivity index (χ0) is 20.1. The summed E-state index contributed by atoms with van der Waals surface area (Å²) in [6.45, 7) is 4.29. The highest BCUT2D eigenvalue weighted by atomic mass is 35.5. The van der Waals surface area contributed by atoms with Crippen molar-refractivity contribution in [3.05, 3.63) is 63.9 Å². The van der Waals surface area contributed by atoms with E-state index >= 15 is 0 Å². The molecule has 1 saturated heterocycles. The van der Waals surface area contributed by atoms with Gasteiger partial charge < -0.3 is 4.90 Å². The number of rotatable bonds is 3. The van der Waals surface area contributed by atoms with Crippen LogP contribution in [0.1, 0.15) is 16.7 Å². The third kappa shape index (κ3) is 3.80. The zero-order valence-electron chi connectivity index (χ0n) is 15.5. The number of nitrogens with zero attached hydrogens (tertiary/aromatic N) is 2. The first-order chi connectivity index (χ1) is 13.2. The summed E-state index contributed by atoms with van der Waals surface area (Å²) in [4.78, 5) is 6.63. The maximum atomic E-state index is 14.5. The second kappa shape index (κ2) is 7.35. The van der Waals surface area contributed by atoms with Crippen LogP contribution in [0.3, 0.4) is 0 Å². The van der Waals surface area contributed by atoms with Crippen molar-refractivity contribution in [1.29, 1.82) is 0 Å². The van der Waals surface area contributed by atoms with Crippen molar-refractivity contribution in [2.45, 2.75) is 31.7 Å². The van der Waals surface area contributed by atoms with Crippen LogP contribution >= 0.6 is 23.4 Å². The molecule has 0 saturated carbocycles. The topological polar surface area (TPSA) is 49.7 Å². The number of benzene rings is 2. The van der Waals surface area contributed by atoms with Crippen molar-refractivity contribution in [3.63, 3.8) is 0 Å². The second-order valence-electron chi connectivity index (χ2n) is 7.27. The molecule has 0 amide bonds. The fourth-order valence-corrected chi connectivity index (χ4v) is 7.48. The Kier molecular flexibility index (Phi) is 5.18. The van der Waals surface area contributed by atoms with Gasteiger partial charge in [-0.25, -0.2) is 12.8 Å². The zero-order valence-corrected chi connectivity index (χ0v) is 17.9. The lowest BCUT2D eigenvalue weighted by Crippen LogP contribution is -2.29. The van der Waals surface area contributed by atoms with Crippen LogP contribution in [-0.4, -0.2) is 36.4 Å². The van der Waals surface area contributed by atoms with Crippen molar-refractivity contribution < 1.29 is 12.8 Å². The molecule has 0 aromatic heterocycles. The Hall–Kier alpha value is -1.57. The van der Waals surface area contributed by atoms with Gasteiger partial charge in [0.05, 0.1) is 24.1 Å². The van der Waals surface area contributed by atoms with E-state index in [4.69, 9.17) is 16.6 Å². The highest BCUT2D eigenvalue weighted by Crippen LogP contribution is 2.38. The van der Waals surface area contributed by atoms with E-state index in [1.54, 1.807) is 12.1 Å². The molecular weight excluding hydrogens is 419 g/mol. The van der Waals surface area contributed by atoms with Gasteiger partial charge in [0.2, 0.25) is 0 Å². The number of hydrogen-bond acceptors (Lipinski definition) is 5. The lowest BCUT2D eigenvalue weighted by molar-refractivity contribution is 0.601. The molecule has 0 aliphatic carbocycles. The third-order valence-electron chi connectivity index (χ3n) is 5.22. The molecule has 0 radical (unpaired) electrons. The van der Waals surface area contributed by atoms with Crippen molar-refractivity contribution in [1.82, 2.24) is 0 Å². The summed E-state index contributed by atoms with van der Waals surface area (Å²) in [6.07, 6.45) is 0. The van der Waals surface area contributed by atoms with Gasteiger partial charge in [0, 0.05) is 21.5 Å². The minimum Gasteiger partial charge on any atom is -0.317 e. The minimum atomic E-state index is -3.03. The summed E-state index contributed by atoms with van der Waals surface area (Å²) in [7, 11) is -3.03. The second-order valence-corrected chi connectivity index (χ2v) is 11.0. The van der Waals surface area contributed by atoms with E-state index in [0.29, 0.717) is 15.8 Å². The van der Waals surface area contributed by atoms with Crippen molar-refractivity contribution in [2.24, 2.45) is 4.99 Å². The molecule has 0 bridgehead atoms. The standard InChI is InChI=1S/C20H20ClFN2O2S2/c1-12-6-7-14(8-13(12)2)24(9-15-16(21)4-3-5-17(15)22)20-23-18-10-28(25,26)11-19(18)27-20/h3-8,18-19H,9-11H2,1-2H3/t18-,19-/m1/s1. The fraction of sp³-hybridized carbons (Fsp3) is 0.350. The summed E-state index contributed by atoms with van der Waals surface area (Å²) in [6, 6.07) is 10.4. The summed E-state index contributed by atoms with van der Waals surface area (Å²) in [5.74, 6) is -0.154. The molecule has 0 spiro atoms. The monoisotopic (exact) mass is 438 g/mol. The lowest BCUT2D eigenvalue weighted by Gasteiger charge is -2.26. The van der Waals surface area contributed by atoms with Crippen LogP contribution in [0.2, 0.25) is 5.02 Å². The van der Waals surface area contributed by atoms with Crippen LogP contribution in [0, 0.1) is 19.7 Å². The van der Waals surface area contributed by atoms with E-state index in [-0.39, 0.29) is 35.2 Å². The number of fused-ring (bicyclic) bond motifs is 1. The molecule has 2 aliphatic rings. The van der Waals surface area contributed by atoms with Crippen LogP contribution in [0.15, 0.2) is 41.4 Å². The van der Waals surface area contributed by atoms with Gasteiger partial charge in [-0.3, -0.25) is 4.99 Å². The molecule has 2 heterocycles. The first kappa shape index (κ1) is 19.7. The first-order valence-corrected chi connectivity index (χ1v) is 12.0. The van der Waals surface area contributed by atoms with Crippen molar-refractivity contribution >= 4 is 44.1 Å². The molecule has 2 aliphatic heterocycles. The maximum absolute atomic E-state index is 14.5. The molecule has 1 fully saturated rings. The molecule has 148 valence electrons. The molecule has 2 aromatic rings. The first-order valence-electron chi connectivity index (χ1n) is 8.96. The quantitative estimate of drug-likeness (QED) is 0.713. The van der Waals surface area contributed by atoms with Gasteiger partial charge in [0.1, 0.15) is 5.82 Å². The van der Waals surface area contributed by atoms with Gasteiger partial charge in [-0.1, -0.05) is 35.5 Å². The van der Waals surface area contributed by atoms with Crippen LogP contribution in [0.4, 0.5) is 10.1 Å². The summed E-state index contributed by atoms with van der Waals surface area (Å²) < 4.78 is 38.2. The van der Waals surface area contributed by atoms with E-state index in [9.17, 15) is 12.8 Å². The molecule has 28 heavy (non-hydrogen) atoms. The molecule has 2 atom stereocenters. The number of sulfone groups is 1. The Morgan fingerprint density at radius 2 is 2.00 bits per heavy atom. The van der Waals surface area contributed by atoms with Crippen molar-refractivity contribution in [2.75, 3.05) is 16.4 Å². The SMILES string of the molecule is Cc1ccc(N(Cc2c(F)cccc2Cl)C2=N[C@@H]3CS(=O)(=O)C[C@H]3S2)cc1C. The number of halogens is 2. The Bertz CT molecular complexity index is 1050. The summed E-state index contributed by atoms with van der Waals surface area (Å²) in [5.41, 5.74) is 3.57. The van der Waals surface area contributed by atoms with Gasteiger partial charge in [0.25, 0.3) is 0 Å². The van der Waals surface area contributed by atoms with E-state index in [0.717, 1.165) is 16.8 Å². The normalized spacial score (nSPS) is 22.8. The van der Waals surface area contributed by atoms with E-state index in [1.807, 2.05) is 36.9 Å². The molecule has 4 rings (SSSR count). The Balaban J connectivity index is 1.73. The number of aliphatic imine (C=N–C) groups is 1. The number of thioether (sulfide) groups is 1. The van der Waals surface area contributed by atoms with E-state index in [2.05, 4.69) is 0 Å². The number of amidine groups is 1. The molecule has 2 aromatic carbocycles. The van der Waals surface area contributed by atoms with Gasteiger partial charge in [-0.2, -0.15) is 0 Å². The van der Waals surface area contributed by atoms with Crippen LogP contribution in [0.5, 0.6) is 0 Å². The molecule has 4 nitrogen and oxygen atoms in total. The Morgan fingerprint density at radius 3 is 2.68 bits per heavy atom. The highest BCUT2D eigenvalue weighted by Gasteiger charge is 2.44. The highest BCUT2D eigenvalue weighted by molar-refractivity contribution is 8.15.